The average molecular weight is 445 g/mol. The number of thioether (sulfide) groups is 1. The number of benzene rings is 2. The molecule has 0 unspecified atom stereocenters. The highest BCUT2D eigenvalue weighted by molar-refractivity contribution is 9.10. The number of rotatable bonds is 2. The number of fused-ring (bicyclic) bond motifs is 1. The smallest absolute Gasteiger partial charge is 0.286 e. The molecule has 1 aliphatic heterocycles. The molecular weight excluding hydrogens is 428 g/mol. The summed E-state index contributed by atoms with van der Waals surface area (Å²) in [7, 11) is 0. The van der Waals surface area contributed by atoms with Crippen molar-refractivity contribution < 1.29 is 14.3 Å². The van der Waals surface area contributed by atoms with Crippen molar-refractivity contribution in [1.82, 2.24) is 5.32 Å². The minimum atomic E-state index is -0.231. The Kier molecular flexibility index (Phi) is 6.54. The first-order valence-electron chi connectivity index (χ1n) is 8.51. The van der Waals surface area contributed by atoms with Crippen molar-refractivity contribution in [3.05, 3.63) is 57.6 Å². The Labute approximate surface area is 170 Å². The SMILES string of the molecule is N#Cc1ccc(Oc2ccc3c(c2)CCCC3)c(Br)c1.O=C1CSC(=O)N1. The Bertz CT molecular complexity index is 910. The third kappa shape index (κ3) is 5.34. The van der Waals surface area contributed by atoms with E-state index in [0.29, 0.717) is 11.3 Å². The van der Waals surface area contributed by atoms with Gasteiger partial charge in [-0.25, -0.2) is 0 Å². The van der Waals surface area contributed by atoms with E-state index in [0.717, 1.165) is 34.2 Å². The summed E-state index contributed by atoms with van der Waals surface area (Å²) >= 11 is 4.45. The zero-order chi connectivity index (χ0) is 19.2. The predicted octanol–water partition coefficient (Wildman–Crippen LogP) is 4.96. The number of hydrogen-bond donors (Lipinski definition) is 1. The first kappa shape index (κ1) is 19.5. The van der Waals surface area contributed by atoms with Gasteiger partial charge in [-0.3, -0.25) is 14.9 Å². The third-order valence-corrected chi connectivity index (χ3v) is 5.58. The maximum Gasteiger partial charge on any atom is 0.286 e. The Morgan fingerprint density at radius 3 is 2.44 bits per heavy atom. The Morgan fingerprint density at radius 1 is 1.07 bits per heavy atom. The van der Waals surface area contributed by atoms with Crippen LogP contribution in [0.3, 0.4) is 0 Å². The number of imide groups is 1. The van der Waals surface area contributed by atoms with Gasteiger partial charge in [0.05, 0.1) is 21.9 Å². The van der Waals surface area contributed by atoms with Gasteiger partial charge in [0.15, 0.2) is 0 Å². The van der Waals surface area contributed by atoms with Gasteiger partial charge in [0.1, 0.15) is 11.5 Å². The molecule has 7 heteroatoms. The summed E-state index contributed by atoms with van der Waals surface area (Å²) in [5.74, 6) is 1.70. The minimum absolute atomic E-state index is 0.185. The van der Waals surface area contributed by atoms with E-state index in [-0.39, 0.29) is 11.1 Å². The maximum absolute atomic E-state index is 10.1. The van der Waals surface area contributed by atoms with Gasteiger partial charge in [0.2, 0.25) is 5.91 Å². The van der Waals surface area contributed by atoms with Gasteiger partial charge in [-0.2, -0.15) is 5.26 Å². The van der Waals surface area contributed by atoms with E-state index in [2.05, 4.69) is 39.4 Å². The molecule has 4 rings (SSSR count). The lowest BCUT2D eigenvalue weighted by Gasteiger charge is -2.17. The maximum atomic E-state index is 10.1. The number of nitrogens with one attached hydrogen (secondary N) is 1. The van der Waals surface area contributed by atoms with E-state index < -0.39 is 0 Å². The van der Waals surface area contributed by atoms with Crippen LogP contribution in [0.25, 0.3) is 0 Å². The van der Waals surface area contributed by atoms with E-state index in [9.17, 15) is 9.59 Å². The molecule has 5 nitrogen and oxygen atoms in total. The molecular formula is C20H17BrN2O3S. The van der Waals surface area contributed by atoms with Gasteiger partial charge in [-0.1, -0.05) is 17.8 Å². The summed E-state index contributed by atoms with van der Waals surface area (Å²) in [5, 5.41) is 10.7. The summed E-state index contributed by atoms with van der Waals surface area (Å²) < 4.78 is 6.72. The zero-order valence-electron chi connectivity index (χ0n) is 14.5. The number of carbonyl (C=O) groups excluding carboxylic acids is 2. The van der Waals surface area contributed by atoms with Crippen molar-refractivity contribution in [2.75, 3.05) is 5.75 Å². The average Bonchev–Trinajstić information content (AvgIpc) is 3.06. The predicted molar refractivity (Wildman–Crippen MR) is 108 cm³/mol. The molecule has 0 radical (unpaired) electrons. The van der Waals surface area contributed by atoms with Crippen LogP contribution in [0.4, 0.5) is 4.79 Å². The van der Waals surface area contributed by atoms with Gasteiger partial charge < -0.3 is 4.74 Å². The van der Waals surface area contributed by atoms with Crippen molar-refractivity contribution in [2.24, 2.45) is 0 Å². The van der Waals surface area contributed by atoms with Crippen LogP contribution in [-0.4, -0.2) is 16.9 Å². The molecule has 138 valence electrons. The number of nitrogens with zero attached hydrogens (tertiary/aromatic N) is 1. The lowest BCUT2D eigenvalue weighted by atomic mass is 9.92. The Hall–Kier alpha value is -2.30. The van der Waals surface area contributed by atoms with E-state index in [4.69, 9.17) is 10.00 Å². The summed E-state index contributed by atoms with van der Waals surface area (Å²) in [4.78, 5) is 20.2. The monoisotopic (exact) mass is 444 g/mol. The highest BCUT2D eigenvalue weighted by Gasteiger charge is 2.16. The number of halogens is 1. The van der Waals surface area contributed by atoms with Crippen molar-refractivity contribution in [1.29, 1.82) is 5.26 Å². The molecule has 0 saturated carbocycles. The molecule has 2 amide bonds. The summed E-state index contributed by atoms with van der Waals surface area (Å²) in [5.41, 5.74) is 3.47. The molecule has 1 fully saturated rings. The van der Waals surface area contributed by atoms with Crippen LogP contribution in [-0.2, 0) is 17.6 Å². The fourth-order valence-corrected chi connectivity index (χ4v) is 3.85. The van der Waals surface area contributed by atoms with Gasteiger partial charge in [-0.05, 0) is 83.1 Å². The molecule has 0 aromatic heterocycles. The molecule has 2 aromatic rings. The Morgan fingerprint density at radius 2 is 1.85 bits per heavy atom. The summed E-state index contributed by atoms with van der Waals surface area (Å²) in [6.45, 7) is 0. The highest BCUT2D eigenvalue weighted by Crippen LogP contribution is 2.32. The molecule has 1 N–H and O–H groups in total. The van der Waals surface area contributed by atoms with E-state index in [1.54, 1.807) is 12.1 Å². The van der Waals surface area contributed by atoms with Gasteiger partial charge in [-0.15, -0.1) is 0 Å². The lowest BCUT2D eigenvalue weighted by Crippen LogP contribution is -2.18. The standard InChI is InChI=1S/C17H14BrNO.C3H3NO2S/c18-16-9-12(11-19)5-8-17(16)20-15-7-6-13-3-1-2-4-14(13)10-15;5-2-1-7-3(6)4-2/h5-10H,1-4H2;1H2,(H,4,5,6). The molecule has 0 bridgehead atoms. The third-order valence-electron chi connectivity index (χ3n) is 4.18. The van der Waals surface area contributed by atoms with E-state index in [1.165, 1.54) is 30.4 Å². The van der Waals surface area contributed by atoms with Crippen LogP contribution >= 0.6 is 27.7 Å². The molecule has 2 aliphatic rings. The van der Waals surface area contributed by atoms with Crippen molar-refractivity contribution >= 4 is 38.8 Å². The topological polar surface area (TPSA) is 79.2 Å². The van der Waals surface area contributed by atoms with Crippen LogP contribution < -0.4 is 10.1 Å². The van der Waals surface area contributed by atoms with Gasteiger partial charge in [0.25, 0.3) is 5.24 Å². The molecule has 1 aliphatic carbocycles. The number of nitriles is 1. The number of amides is 2. The van der Waals surface area contributed by atoms with Crippen molar-refractivity contribution in [2.45, 2.75) is 25.7 Å². The normalized spacial score (nSPS) is 15.1. The molecule has 2 aromatic carbocycles. The number of ether oxygens (including phenoxy) is 1. The second-order valence-electron chi connectivity index (χ2n) is 6.12. The van der Waals surface area contributed by atoms with E-state index in [1.807, 2.05) is 12.1 Å². The fourth-order valence-electron chi connectivity index (χ4n) is 2.87. The quantitative estimate of drug-likeness (QED) is 0.707. The number of aryl methyl sites for hydroxylation is 2. The van der Waals surface area contributed by atoms with Gasteiger partial charge in [0, 0.05) is 0 Å². The molecule has 0 atom stereocenters. The molecule has 27 heavy (non-hydrogen) atoms. The van der Waals surface area contributed by atoms with Crippen molar-refractivity contribution in [3.8, 4) is 17.6 Å². The van der Waals surface area contributed by atoms with Gasteiger partial charge >= 0.3 is 0 Å². The minimum Gasteiger partial charge on any atom is -0.456 e. The van der Waals surface area contributed by atoms with E-state index >= 15 is 0 Å². The first-order valence-corrected chi connectivity index (χ1v) is 10.3. The van der Waals surface area contributed by atoms with Crippen molar-refractivity contribution in [3.63, 3.8) is 0 Å². The molecule has 0 spiro atoms. The first-order chi connectivity index (χ1) is 13.0. The Balaban J connectivity index is 0.000000253. The lowest BCUT2D eigenvalue weighted by molar-refractivity contribution is -0.117. The zero-order valence-corrected chi connectivity index (χ0v) is 16.9. The van der Waals surface area contributed by atoms with Crippen LogP contribution in [0.15, 0.2) is 40.9 Å². The number of hydrogen-bond acceptors (Lipinski definition) is 5. The van der Waals surface area contributed by atoms with Crippen LogP contribution in [0.2, 0.25) is 0 Å². The second-order valence-corrected chi connectivity index (χ2v) is 7.92. The highest BCUT2D eigenvalue weighted by atomic mass is 79.9. The molecule has 1 heterocycles. The summed E-state index contributed by atoms with van der Waals surface area (Å²) in [6.07, 6.45) is 4.86. The van der Waals surface area contributed by atoms with Crippen LogP contribution in [0.5, 0.6) is 11.5 Å². The van der Waals surface area contributed by atoms with Crippen LogP contribution in [0, 0.1) is 11.3 Å². The van der Waals surface area contributed by atoms with Crippen LogP contribution in [0.1, 0.15) is 29.5 Å². The fraction of sp³-hybridized carbons (Fsp3) is 0.250. The second kappa shape index (κ2) is 9.07. The number of carbonyl (C=O) groups is 2. The summed E-state index contributed by atoms with van der Waals surface area (Å²) in [6, 6.07) is 13.8. The largest absolute Gasteiger partial charge is 0.456 e. The molecule has 1 saturated heterocycles.